The molecule has 4 N–H and O–H groups in total. The quantitative estimate of drug-likeness (QED) is 0.405. The fourth-order valence-electron chi connectivity index (χ4n) is 4.42. The molecule has 3 unspecified atom stereocenters. The Kier molecular flexibility index (Phi) is 10.6. The highest BCUT2D eigenvalue weighted by Crippen LogP contribution is 2.30. The van der Waals surface area contributed by atoms with Crippen molar-refractivity contribution >= 4 is 17.9 Å². The molecule has 1 aliphatic carbocycles. The summed E-state index contributed by atoms with van der Waals surface area (Å²) < 4.78 is 5.27. The molecule has 1 aliphatic rings. The van der Waals surface area contributed by atoms with Crippen molar-refractivity contribution < 1.29 is 29.3 Å². The molecular weight excluding hydrogens is 462 g/mol. The first-order chi connectivity index (χ1) is 16.9. The predicted molar refractivity (Wildman–Crippen MR) is 137 cm³/mol. The van der Waals surface area contributed by atoms with E-state index in [1.54, 1.807) is 39.8 Å². The monoisotopic (exact) mass is 505 g/mol. The van der Waals surface area contributed by atoms with Crippen LogP contribution < -0.4 is 10.6 Å². The van der Waals surface area contributed by atoms with Gasteiger partial charge in [-0.05, 0) is 77.1 Å². The van der Waals surface area contributed by atoms with Crippen molar-refractivity contribution in [3.8, 4) is 5.75 Å². The van der Waals surface area contributed by atoms with Gasteiger partial charge in [0.1, 0.15) is 23.4 Å². The number of aliphatic hydroxyl groups is 1. The Bertz CT molecular complexity index is 907. The van der Waals surface area contributed by atoms with Gasteiger partial charge >= 0.3 is 6.09 Å². The summed E-state index contributed by atoms with van der Waals surface area (Å²) in [5.41, 5.74) is 0.335. The van der Waals surface area contributed by atoms with Crippen LogP contribution in [-0.4, -0.2) is 63.4 Å². The molecule has 1 aromatic carbocycles. The molecule has 0 spiro atoms. The van der Waals surface area contributed by atoms with Crippen LogP contribution in [0.2, 0.25) is 0 Å². The van der Waals surface area contributed by atoms with Gasteiger partial charge in [-0.15, -0.1) is 0 Å². The summed E-state index contributed by atoms with van der Waals surface area (Å²) >= 11 is 0. The second-order valence-electron chi connectivity index (χ2n) is 10.7. The number of phenolic OH excluding ortho intramolecular Hbond substituents is 1. The summed E-state index contributed by atoms with van der Waals surface area (Å²) in [5.74, 6) is -0.826. The Hall–Kier alpha value is -2.81. The summed E-state index contributed by atoms with van der Waals surface area (Å²) in [7, 11) is 0. The Morgan fingerprint density at radius 2 is 1.81 bits per heavy atom. The number of alkyl carbamates (subject to hydrolysis) is 1. The lowest BCUT2D eigenvalue weighted by molar-refractivity contribution is -0.146. The predicted octanol–water partition coefficient (Wildman–Crippen LogP) is 3.70. The lowest BCUT2D eigenvalue weighted by Crippen LogP contribution is -2.57. The highest BCUT2D eigenvalue weighted by Gasteiger charge is 2.39. The molecule has 0 saturated heterocycles. The number of phenols is 1. The van der Waals surface area contributed by atoms with E-state index in [-0.39, 0.29) is 23.7 Å². The molecule has 3 atom stereocenters. The van der Waals surface area contributed by atoms with Gasteiger partial charge in [-0.2, -0.15) is 0 Å². The lowest BCUT2D eigenvalue weighted by Gasteiger charge is -2.39. The molecule has 1 saturated carbocycles. The number of nitrogens with one attached hydrogen (secondary N) is 2. The van der Waals surface area contributed by atoms with Crippen LogP contribution in [0.25, 0.3) is 0 Å². The van der Waals surface area contributed by atoms with Crippen molar-refractivity contribution in [1.29, 1.82) is 0 Å². The summed E-state index contributed by atoms with van der Waals surface area (Å²) in [5, 5.41) is 25.7. The van der Waals surface area contributed by atoms with E-state index in [9.17, 15) is 24.6 Å². The molecule has 3 amide bonds. The largest absolute Gasteiger partial charge is 0.508 e. The number of amides is 3. The van der Waals surface area contributed by atoms with E-state index in [1.807, 2.05) is 13.8 Å². The number of carbonyl (C=O) groups is 3. The maximum Gasteiger partial charge on any atom is 0.408 e. The molecule has 9 nitrogen and oxygen atoms in total. The van der Waals surface area contributed by atoms with Crippen LogP contribution in [0.4, 0.5) is 4.79 Å². The molecular formula is C27H43N3O6. The minimum atomic E-state index is -1.29. The first-order valence-corrected chi connectivity index (χ1v) is 12.9. The number of aliphatic hydroxyl groups excluding tert-OH is 1. The maximum absolute atomic E-state index is 13.8. The van der Waals surface area contributed by atoms with Gasteiger partial charge in [-0.25, -0.2) is 4.79 Å². The molecule has 0 radical (unpaired) electrons. The lowest BCUT2D eigenvalue weighted by atomic mass is 9.94. The Balaban J connectivity index is 2.46. The number of ether oxygens (including phenoxy) is 1. The number of carbonyl (C=O) groups excluding carboxylic acids is 3. The summed E-state index contributed by atoms with van der Waals surface area (Å²) in [4.78, 5) is 41.4. The maximum atomic E-state index is 13.8. The van der Waals surface area contributed by atoms with E-state index in [1.165, 1.54) is 11.0 Å². The van der Waals surface area contributed by atoms with Gasteiger partial charge in [0, 0.05) is 12.1 Å². The fourth-order valence-corrected chi connectivity index (χ4v) is 4.42. The van der Waals surface area contributed by atoms with Gasteiger partial charge in [0.05, 0.1) is 6.61 Å². The van der Waals surface area contributed by atoms with Gasteiger partial charge in [0.25, 0.3) is 0 Å². The average Bonchev–Trinajstić information content (AvgIpc) is 2.81. The van der Waals surface area contributed by atoms with Crippen LogP contribution in [0.15, 0.2) is 18.2 Å². The van der Waals surface area contributed by atoms with Gasteiger partial charge in [-0.3, -0.25) is 9.59 Å². The van der Waals surface area contributed by atoms with Crippen LogP contribution >= 0.6 is 0 Å². The molecule has 1 fully saturated rings. The smallest absolute Gasteiger partial charge is 0.408 e. The normalized spacial score (nSPS) is 17.0. The number of hydrogen-bond donors (Lipinski definition) is 4. The first-order valence-electron chi connectivity index (χ1n) is 12.9. The number of aryl methyl sites for hydroxylation is 1. The number of hydrogen-bond acceptors (Lipinski definition) is 6. The molecule has 0 heterocycles. The third-order valence-electron chi connectivity index (χ3n) is 6.51. The van der Waals surface area contributed by atoms with Crippen molar-refractivity contribution in [2.24, 2.45) is 0 Å². The van der Waals surface area contributed by atoms with E-state index < -0.39 is 36.3 Å². The van der Waals surface area contributed by atoms with E-state index >= 15 is 0 Å². The van der Waals surface area contributed by atoms with Gasteiger partial charge in [-0.1, -0.05) is 32.3 Å². The molecule has 0 aliphatic heterocycles. The van der Waals surface area contributed by atoms with Crippen molar-refractivity contribution in [2.75, 3.05) is 6.61 Å². The number of aromatic hydroxyl groups is 1. The third-order valence-corrected chi connectivity index (χ3v) is 6.51. The summed E-state index contributed by atoms with van der Waals surface area (Å²) in [6.45, 7) is 9.90. The molecule has 202 valence electrons. The van der Waals surface area contributed by atoms with Gasteiger partial charge in [0.2, 0.25) is 11.8 Å². The van der Waals surface area contributed by atoms with Crippen LogP contribution in [0.5, 0.6) is 5.75 Å². The Morgan fingerprint density at radius 1 is 1.17 bits per heavy atom. The molecule has 0 bridgehead atoms. The highest BCUT2D eigenvalue weighted by atomic mass is 16.6. The van der Waals surface area contributed by atoms with Crippen molar-refractivity contribution in [2.45, 2.75) is 110 Å². The number of rotatable bonds is 9. The second-order valence-corrected chi connectivity index (χ2v) is 10.7. The first kappa shape index (κ1) is 29.4. The van der Waals surface area contributed by atoms with Crippen LogP contribution in [0.1, 0.15) is 90.3 Å². The number of benzene rings is 1. The fraction of sp³-hybridized carbons (Fsp3) is 0.667. The molecule has 1 aromatic rings. The standard InChI is InChI=1S/C27H43N3O6/c1-7-18(3)30(25(34)21(16-31)29-26(35)36-27(4,5)6)23(19-13-14-22(32)17(2)15-19)24(33)28-20-11-9-8-10-12-20/h13-15,18,20-21,23,31-32H,7-12,16H2,1-6H3,(H,28,33)(H,29,35). The zero-order valence-electron chi connectivity index (χ0n) is 22.5. The second kappa shape index (κ2) is 12.9. The SMILES string of the molecule is CCC(C)N(C(=O)C(CO)NC(=O)OC(C)(C)C)C(C(=O)NC1CCCCC1)c1ccc(O)c(C)c1. The van der Waals surface area contributed by atoms with Gasteiger partial charge < -0.3 is 30.5 Å². The van der Waals surface area contributed by atoms with E-state index in [2.05, 4.69) is 10.6 Å². The zero-order valence-corrected chi connectivity index (χ0v) is 22.5. The van der Waals surface area contributed by atoms with Crippen molar-refractivity contribution in [3.05, 3.63) is 29.3 Å². The highest BCUT2D eigenvalue weighted by molar-refractivity contribution is 5.92. The minimum Gasteiger partial charge on any atom is -0.508 e. The minimum absolute atomic E-state index is 0.0226. The third kappa shape index (κ3) is 8.11. The van der Waals surface area contributed by atoms with E-state index in [0.717, 1.165) is 32.1 Å². The summed E-state index contributed by atoms with van der Waals surface area (Å²) in [6, 6.07) is 2.16. The van der Waals surface area contributed by atoms with Crippen LogP contribution in [0.3, 0.4) is 0 Å². The summed E-state index contributed by atoms with van der Waals surface area (Å²) in [6.07, 6.45) is 4.68. The molecule has 0 aromatic heterocycles. The Morgan fingerprint density at radius 3 is 2.33 bits per heavy atom. The molecule has 2 rings (SSSR count). The van der Waals surface area contributed by atoms with E-state index in [4.69, 9.17) is 4.74 Å². The Labute approximate surface area is 214 Å². The zero-order chi connectivity index (χ0) is 27.0. The molecule has 36 heavy (non-hydrogen) atoms. The van der Waals surface area contributed by atoms with Crippen molar-refractivity contribution in [1.82, 2.24) is 15.5 Å². The van der Waals surface area contributed by atoms with Crippen LogP contribution in [-0.2, 0) is 14.3 Å². The number of nitrogens with zero attached hydrogens (tertiary/aromatic N) is 1. The van der Waals surface area contributed by atoms with Crippen molar-refractivity contribution in [3.63, 3.8) is 0 Å². The average molecular weight is 506 g/mol. The van der Waals surface area contributed by atoms with Crippen LogP contribution in [0, 0.1) is 6.92 Å². The van der Waals surface area contributed by atoms with E-state index in [0.29, 0.717) is 17.5 Å². The van der Waals surface area contributed by atoms with Gasteiger partial charge in [0.15, 0.2) is 0 Å². The molecule has 9 heteroatoms. The topological polar surface area (TPSA) is 128 Å².